The van der Waals surface area contributed by atoms with Gasteiger partial charge in [-0.15, -0.1) is 0 Å². The number of amides is 2. The number of fused-ring (bicyclic) bond motifs is 1. The Labute approximate surface area is 166 Å². The van der Waals surface area contributed by atoms with Gasteiger partial charge in [0.05, 0.1) is 16.2 Å². The van der Waals surface area contributed by atoms with Crippen LogP contribution in [-0.4, -0.2) is 28.3 Å². The summed E-state index contributed by atoms with van der Waals surface area (Å²) in [7, 11) is 0. The second kappa shape index (κ2) is 7.51. The number of nitro groups is 1. The Bertz CT molecular complexity index is 1110. The van der Waals surface area contributed by atoms with E-state index in [1.807, 2.05) is 0 Å². The number of nitrogens with zero attached hydrogens (tertiary/aromatic N) is 3. The van der Waals surface area contributed by atoms with Gasteiger partial charge in [-0.05, 0) is 42.3 Å². The maximum Gasteiger partial charge on any atom is 0.271 e. The van der Waals surface area contributed by atoms with Crippen molar-refractivity contribution in [2.75, 3.05) is 16.8 Å². The number of rotatable bonds is 4. The highest BCUT2D eigenvalue weighted by Gasteiger charge is 2.27. The SMILES string of the molecule is O=C(Nc1cccc(C(=O)N2CCc3ccc([N+](=O)[O-])cc32)c1)c1cccnc1. The molecule has 0 saturated carbocycles. The van der Waals surface area contributed by atoms with E-state index in [1.165, 1.54) is 23.2 Å². The average Bonchev–Trinajstić information content (AvgIpc) is 3.17. The molecule has 2 amide bonds. The fourth-order valence-corrected chi connectivity index (χ4v) is 3.28. The highest BCUT2D eigenvalue weighted by Crippen LogP contribution is 2.33. The molecule has 1 aliphatic heterocycles. The molecule has 8 nitrogen and oxygen atoms in total. The lowest BCUT2D eigenvalue weighted by atomic mass is 10.1. The zero-order chi connectivity index (χ0) is 20.4. The molecule has 29 heavy (non-hydrogen) atoms. The summed E-state index contributed by atoms with van der Waals surface area (Å²) in [5, 5.41) is 13.8. The van der Waals surface area contributed by atoms with Crippen molar-refractivity contribution in [2.45, 2.75) is 6.42 Å². The van der Waals surface area contributed by atoms with Crippen molar-refractivity contribution in [3.8, 4) is 0 Å². The lowest BCUT2D eigenvalue weighted by Crippen LogP contribution is -2.29. The Hall–Kier alpha value is -4.07. The second-order valence-corrected chi connectivity index (χ2v) is 6.55. The molecule has 2 heterocycles. The number of non-ortho nitro benzene ring substituents is 1. The Balaban J connectivity index is 1.57. The van der Waals surface area contributed by atoms with Crippen molar-refractivity contribution < 1.29 is 14.5 Å². The molecule has 0 radical (unpaired) electrons. The molecule has 0 bridgehead atoms. The lowest BCUT2D eigenvalue weighted by molar-refractivity contribution is -0.384. The quantitative estimate of drug-likeness (QED) is 0.544. The van der Waals surface area contributed by atoms with Crippen LogP contribution in [0.3, 0.4) is 0 Å². The maximum absolute atomic E-state index is 13.0. The highest BCUT2D eigenvalue weighted by atomic mass is 16.6. The minimum absolute atomic E-state index is 0.0547. The Kier molecular flexibility index (Phi) is 4.74. The fraction of sp³-hybridized carbons (Fsp3) is 0.0952. The Morgan fingerprint density at radius 2 is 1.90 bits per heavy atom. The highest BCUT2D eigenvalue weighted by molar-refractivity contribution is 6.09. The molecule has 2 aromatic carbocycles. The number of nitro benzene ring substituents is 1. The van der Waals surface area contributed by atoms with Crippen molar-refractivity contribution >= 4 is 28.9 Å². The van der Waals surface area contributed by atoms with Crippen LogP contribution >= 0.6 is 0 Å². The van der Waals surface area contributed by atoms with Crippen LogP contribution in [0.1, 0.15) is 26.3 Å². The van der Waals surface area contributed by atoms with Crippen molar-refractivity contribution in [1.82, 2.24) is 4.98 Å². The first kappa shape index (κ1) is 18.3. The number of nitrogens with one attached hydrogen (secondary N) is 1. The molecular formula is C21H16N4O4. The summed E-state index contributed by atoms with van der Waals surface area (Å²) in [5.74, 6) is -0.605. The predicted octanol–water partition coefficient (Wildman–Crippen LogP) is 3.45. The van der Waals surface area contributed by atoms with Crippen LogP contribution < -0.4 is 10.2 Å². The van der Waals surface area contributed by atoms with E-state index in [2.05, 4.69) is 10.3 Å². The molecule has 0 aliphatic carbocycles. The van der Waals surface area contributed by atoms with E-state index in [1.54, 1.807) is 48.7 Å². The number of pyridine rings is 1. The third-order valence-electron chi connectivity index (χ3n) is 4.71. The van der Waals surface area contributed by atoms with Crippen LogP contribution in [0.5, 0.6) is 0 Å². The number of carbonyl (C=O) groups excluding carboxylic acids is 2. The van der Waals surface area contributed by atoms with Gasteiger partial charge in [0.1, 0.15) is 0 Å². The minimum Gasteiger partial charge on any atom is -0.322 e. The summed E-state index contributed by atoms with van der Waals surface area (Å²) >= 11 is 0. The molecule has 0 saturated heterocycles. The van der Waals surface area contributed by atoms with Gasteiger partial charge < -0.3 is 10.2 Å². The number of benzene rings is 2. The summed E-state index contributed by atoms with van der Waals surface area (Å²) < 4.78 is 0. The smallest absolute Gasteiger partial charge is 0.271 e. The van der Waals surface area contributed by atoms with E-state index in [0.29, 0.717) is 35.5 Å². The number of aromatic nitrogens is 1. The molecule has 1 N–H and O–H groups in total. The van der Waals surface area contributed by atoms with Gasteiger partial charge in [-0.1, -0.05) is 12.1 Å². The first-order chi connectivity index (χ1) is 14.0. The standard InChI is InChI=1S/C21H16N4O4/c26-20(16-4-2-9-22-13-16)23-17-5-1-3-15(11-17)21(27)24-10-8-14-6-7-18(25(28)29)12-19(14)24/h1-7,9,11-13H,8,10H2,(H,23,26). The zero-order valence-corrected chi connectivity index (χ0v) is 15.2. The van der Waals surface area contributed by atoms with Crippen LogP contribution in [0.2, 0.25) is 0 Å². The van der Waals surface area contributed by atoms with Gasteiger partial charge in [0.25, 0.3) is 17.5 Å². The Morgan fingerprint density at radius 3 is 2.66 bits per heavy atom. The van der Waals surface area contributed by atoms with E-state index >= 15 is 0 Å². The molecule has 1 aliphatic rings. The Morgan fingerprint density at radius 1 is 1.07 bits per heavy atom. The fourth-order valence-electron chi connectivity index (χ4n) is 3.28. The van der Waals surface area contributed by atoms with Crippen LogP contribution in [0.25, 0.3) is 0 Å². The summed E-state index contributed by atoms with van der Waals surface area (Å²) in [6, 6.07) is 14.5. The van der Waals surface area contributed by atoms with Crippen molar-refractivity contribution in [2.24, 2.45) is 0 Å². The molecule has 8 heteroatoms. The molecule has 3 aromatic rings. The molecular weight excluding hydrogens is 372 g/mol. The molecule has 4 rings (SSSR count). The molecule has 144 valence electrons. The van der Waals surface area contributed by atoms with Gasteiger partial charge >= 0.3 is 0 Å². The maximum atomic E-state index is 13.0. The van der Waals surface area contributed by atoms with Crippen LogP contribution in [-0.2, 0) is 6.42 Å². The van der Waals surface area contributed by atoms with Gasteiger partial charge in [0.2, 0.25) is 0 Å². The molecule has 0 fully saturated rings. The molecule has 0 atom stereocenters. The van der Waals surface area contributed by atoms with E-state index in [0.717, 1.165) is 5.56 Å². The van der Waals surface area contributed by atoms with Crippen molar-refractivity contribution in [3.63, 3.8) is 0 Å². The van der Waals surface area contributed by atoms with Gasteiger partial charge in [-0.25, -0.2) is 0 Å². The van der Waals surface area contributed by atoms with E-state index in [-0.39, 0.29) is 17.5 Å². The summed E-state index contributed by atoms with van der Waals surface area (Å²) in [5.41, 5.74) is 2.65. The molecule has 0 unspecified atom stereocenters. The van der Waals surface area contributed by atoms with Crippen molar-refractivity contribution in [3.05, 3.63) is 93.8 Å². The first-order valence-corrected chi connectivity index (χ1v) is 8.93. The third kappa shape index (κ3) is 3.68. The average molecular weight is 388 g/mol. The summed E-state index contributed by atoms with van der Waals surface area (Å²) in [4.78, 5) is 41.4. The number of anilines is 2. The number of hydrogen-bond donors (Lipinski definition) is 1. The van der Waals surface area contributed by atoms with Gasteiger partial charge in [-0.3, -0.25) is 24.7 Å². The largest absolute Gasteiger partial charge is 0.322 e. The predicted molar refractivity (Wildman–Crippen MR) is 107 cm³/mol. The van der Waals surface area contributed by atoms with Gasteiger partial charge in [0, 0.05) is 42.3 Å². The van der Waals surface area contributed by atoms with Crippen LogP contribution in [0.15, 0.2) is 67.0 Å². The van der Waals surface area contributed by atoms with Crippen molar-refractivity contribution in [1.29, 1.82) is 0 Å². The number of carbonyl (C=O) groups is 2. The molecule has 0 spiro atoms. The number of hydrogen-bond acceptors (Lipinski definition) is 5. The van der Waals surface area contributed by atoms with Gasteiger partial charge in [-0.2, -0.15) is 0 Å². The van der Waals surface area contributed by atoms with Gasteiger partial charge in [0.15, 0.2) is 0 Å². The lowest BCUT2D eigenvalue weighted by Gasteiger charge is -2.18. The monoisotopic (exact) mass is 388 g/mol. The van der Waals surface area contributed by atoms with E-state index < -0.39 is 4.92 Å². The summed E-state index contributed by atoms with van der Waals surface area (Å²) in [6.45, 7) is 0.446. The van der Waals surface area contributed by atoms with Crippen LogP contribution in [0.4, 0.5) is 17.1 Å². The summed E-state index contributed by atoms with van der Waals surface area (Å²) in [6.07, 6.45) is 3.67. The minimum atomic E-state index is -0.476. The van der Waals surface area contributed by atoms with Crippen LogP contribution in [0, 0.1) is 10.1 Å². The van der Waals surface area contributed by atoms with E-state index in [4.69, 9.17) is 0 Å². The molecule has 1 aromatic heterocycles. The third-order valence-corrected chi connectivity index (χ3v) is 4.71. The second-order valence-electron chi connectivity index (χ2n) is 6.55. The zero-order valence-electron chi connectivity index (χ0n) is 15.2. The topological polar surface area (TPSA) is 105 Å². The van der Waals surface area contributed by atoms with E-state index in [9.17, 15) is 19.7 Å². The first-order valence-electron chi connectivity index (χ1n) is 8.93. The normalized spacial score (nSPS) is 12.3.